The summed E-state index contributed by atoms with van der Waals surface area (Å²) in [5, 5.41) is 9.21. The lowest BCUT2D eigenvalue weighted by molar-refractivity contribution is -0.152. The molecule has 1 N–H and O–H groups in total. The summed E-state index contributed by atoms with van der Waals surface area (Å²) in [4.78, 5) is 0. The lowest BCUT2D eigenvalue weighted by Gasteiger charge is -2.22. The monoisotopic (exact) mass is 186 g/mol. The molecule has 0 saturated carbocycles. The lowest BCUT2D eigenvalue weighted by Crippen LogP contribution is -2.31. The van der Waals surface area contributed by atoms with Crippen LogP contribution in [0.5, 0.6) is 0 Å². The minimum Gasteiger partial charge on any atom is -0.356 e. The summed E-state index contributed by atoms with van der Waals surface area (Å²) in [7, 11) is 0. The average Bonchev–Trinajstić information content (AvgIpc) is 2.18. The summed E-state index contributed by atoms with van der Waals surface area (Å²) >= 11 is 0. The van der Waals surface area contributed by atoms with Crippen LogP contribution in [0.4, 0.5) is 8.78 Å². The summed E-state index contributed by atoms with van der Waals surface area (Å²) in [5.74, 6) is -2.87. The van der Waals surface area contributed by atoms with E-state index in [-0.39, 0.29) is 12.0 Å². The molecule has 1 nitrogen and oxygen atoms in total. The van der Waals surface area contributed by atoms with E-state index in [1.165, 1.54) is 19.1 Å². The number of halogens is 2. The average molecular weight is 186 g/mol. The molecule has 0 aliphatic rings. The van der Waals surface area contributed by atoms with Gasteiger partial charge < -0.3 is 5.11 Å². The Bertz CT molecular complexity index is 259. The van der Waals surface area contributed by atoms with Crippen LogP contribution in [0.15, 0.2) is 30.3 Å². The first-order valence-corrected chi connectivity index (χ1v) is 4.20. The molecule has 2 atom stereocenters. The number of rotatable bonds is 3. The highest BCUT2D eigenvalue weighted by atomic mass is 19.2. The van der Waals surface area contributed by atoms with Crippen LogP contribution in [-0.4, -0.2) is 11.3 Å². The molecule has 0 radical (unpaired) electrons. The van der Waals surface area contributed by atoms with Crippen molar-refractivity contribution in [3.63, 3.8) is 0 Å². The fourth-order valence-electron chi connectivity index (χ4n) is 1.12. The van der Waals surface area contributed by atoms with Crippen molar-refractivity contribution in [3.8, 4) is 0 Å². The SMILES string of the molecule is CCC(F)C(O)(F)c1ccccc1. The van der Waals surface area contributed by atoms with Gasteiger partial charge in [-0.1, -0.05) is 37.3 Å². The molecule has 0 heterocycles. The van der Waals surface area contributed by atoms with Gasteiger partial charge in [0.2, 0.25) is 0 Å². The Balaban J connectivity index is 2.93. The molecule has 1 rings (SSSR count). The Morgan fingerprint density at radius 1 is 1.38 bits per heavy atom. The van der Waals surface area contributed by atoms with E-state index in [9.17, 15) is 13.9 Å². The van der Waals surface area contributed by atoms with E-state index >= 15 is 0 Å². The van der Waals surface area contributed by atoms with Gasteiger partial charge >= 0.3 is 0 Å². The van der Waals surface area contributed by atoms with Crippen LogP contribution in [-0.2, 0) is 5.85 Å². The Hall–Kier alpha value is -0.960. The second-order valence-electron chi connectivity index (χ2n) is 2.92. The van der Waals surface area contributed by atoms with E-state index in [2.05, 4.69) is 0 Å². The van der Waals surface area contributed by atoms with Gasteiger partial charge in [-0.2, -0.15) is 0 Å². The van der Waals surface area contributed by atoms with E-state index in [1.54, 1.807) is 18.2 Å². The largest absolute Gasteiger partial charge is 0.356 e. The molecule has 13 heavy (non-hydrogen) atoms. The quantitative estimate of drug-likeness (QED) is 0.769. The summed E-state index contributed by atoms with van der Waals surface area (Å²) < 4.78 is 26.4. The molecular weight excluding hydrogens is 174 g/mol. The molecule has 0 aliphatic carbocycles. The standard InChI is InChI=1S/C10H12F2O/c1-2-9(11)10(12,13)8-6-4-3-5-7-8/h3-7,9,13H,2H2,1H3. The van der Waals surface area contributed by atoms with Crippen LogP contribution in [0.2, 0.25) is 0 Å². The lowest BCUT2D eigenvalue weighted by atomic mass is 10.0. The molecule has 2 unspecified atom stereocenters. The highest BCUT2D eigenvalue weighted by molar-refractivity contribution is 5.20. The van der Waals surface area contributed by atoms with Gasteiger partial charge in [0.15, 0.2) is 6.17 Å². The predicted molar refractivity (Wildman–Crippen MR) is 46.6 cm³/mol. The normalized spacial score (nSPS) is 17.8. The zero-order valence-electron chi connectivity index (χ0n) is 7.37. The first kappa shape index (κ1) is 10.1. The number of hydrogen-bond donors (Lipinski definition) is 1. The third-order valence-electron chi connectivity index (χ3n) is 1.95. The fourth-order valence-corrected chi connectivity index (χ4v) is 1.12. The van der Waals surface area contributed by atoms with Crippen molar-refractivity contribution >= 4 is 0 Å². The van der Waals surface area contributed by atoms with Crippen molar-refractivity contribution in [1.82, 2.24) is 0 Å². The molecule has 0 aromatic heterocycles. The number of aliphatic hydroxyl groups is 1. The van der Waals surface area contributed by atoms with Gasteiger partial charge in [0.05, 0.1) is 0 Å². The first-order chi connectivity index (χ1) is 6.09. The predicted octanol–water partition coefficient (Wildman–Crippen LogP) is 2.55. The first-order valence-electron chi connectivity index (χ1n) is 4.20. The third kappa shape index (κ3) is 2.04. The van der Waals surface area contributed by atoms with E-state index in [4.69, 9.17) is 0 Å². The van der Waals surface area contributed by atoms with Crippen LogP contribution in [0.1, 0.15) is 18.9 Å². The highest BCUT2D eigenvalue weighted by Crippen LogP contribution is 2.30. The molecule has 0 spiro atoms. The molecule has 0 bridgehead atoms. The van der Waals surface area contributed by atoms with Crippen molar-refractivity contribution < 1.29 is 13.9 Å². The zero-order chi connectivity index (χ0) is 9.90. The Kier molecular flexibility index (Phi) is 2.98. The van der Waals surface area contributed by atoms with Crippen molar-refractivity contribution in [2.75, 3.05) is 0 Å². The van der Waals surface area contributed by atoms with Gasteiger partial charge in [0.1, 0.15) is 0 Å². The maximum absolute atomic E-state index is 13.4. The van der Waals surface area contributed by atoms with Crippen molar-refractivity contribution in [2.45, 2.75) is 25.4 Å². The highest BCUT2D eigenvalue weighted by Gasteiger charge is 2.37. The summed E-state index contributed by atoms with van der Waals surface area (Å²) in [5.41, 5.74) is -0.0376. The molecule has 72 valence electrons. The third-order valence-corrected chi connectivity index (χ3v) is 1.95. The van der Waals surface area contributed by atoms with Crippen LogP contribution < -0.4 is 0 Å². The molecular formula is C10H12F2O. The Labute approximate surface area is 76.0 Å². The van der Waals surface area contributed by atoms with E-state index < -0.39 is 12.0 Å². The molecule has 0 aliphatic heterocycles. The zero-order valence-corrected chi connectivity index (χ0v) is 7.37. The topological polar surface area (TPSA) is 20.2 Å². The maximum atomic E-state index is 13.4. The fraction of sp³-hybridized carbons (Fsp3) is 0.400. The molecule has 0 saturated heterocycles. The molecule has 3 heteroatoms. The Morgan fingerprint density at radius 2 is 1.92 bits per heavy atom. The Morgan fingerprint density at radius 3 is 2.38 bits per heavy atom. The van der Waals surface area contributed by atoms with Gasteiger partial charge in [-0.25, -0.2) is 8.78 Å². The van der Waals surface area contributed by atoms with Gasteiger partial charge in [-0.3, -0.25) is 0 Å². The van der Waals surface area contributed by atoms with Gasteiger partial charge in [-0.15, -0.1) is 0 Å². The van der Waals surface area contributed by atoms with Crippen molar-refractivity contribution in [1.29, 1.82) is 0 Å². The summed E-state index contributed by atoms with van der Waals surface area (Å²) in [6.07, 6.45) is -1.93. The second-order valence-corrected chi connectivity index (χ2v) is 2.92. The molecule has 1 aromatic carbocycles. The van der Waals surface area contributed by atoms with Crippen molar-refractivity contribution in [3.05, 3.63) is 35.9 Å². The smallest absolute Gasteiger partial charge is 0.264 e. The summed E-state index contributed by atoms with van der Waals surface area (Å²) in [6, 6.07) is 7.52. The van der Waals surface area contributed by atoms with E-state index in [1.807, 2.05) is 0 Å². The number of hydrogen-bond acceptors (Lipinski definition) is 1. The van der Waals surface area contributed by atoms with Gasteiger partial charge in [0.25, 0.3) is 5.85 Å². The molecule has 0 amide bonds. The van der Waals surface area contributed by atoms with E-state index in [0.717, 1.165) is 0 Å². The van der Waals surface area contributed by atoms with Gasteiger partial charge in [0, 0.05) is 5.56 Å². The maximum Gasteiger partial charge on any atom is 0.264 e. The summed E-state index contributed by atoms with van der Waals surface area (Å²) in [6.45, 7) is 1.48. The van der Waals surface area contributed by atoms with Gasteiger partial charge in [-0.05, 0) is 6.42 Å². The van der Waals surface area contributed by atoms with Crippen molar-refractivity contribution in [2.24, 2.45) is 0 Å². The van der Waals surface area contributed by atoms with Crippen LogP contribution in [0.3, 0.4) is 0 Å². The minimum absolute atomic E-state index is 0.0376. The van der Waals surface area contributed by atoms with Crippen LogP contribution >= 0.6 is 0 Å². The second kappa shape index (κ2) is 3.83. The minimum atomic E-state index is -2.87. The number of benzene rings is 1. The number of alkyl halides is 2. The van der Waals surface area contributed by atoms with Crippen LogP contribution in [0, 0.1) is 0 Å². The van der Waals surface area contributed by atoms with E-state index in [0.29, 0.717) is 0 Å². The molecule has 0 fully saturated rings. The molecule has 1 aromatic rings. The van der Waals surface area contributed by atoms with Crippen LogP contribution in [0.25, 0.3) is 0 Å².